The van der Waals surface area contributed by atoms with E-state index in [0.717, 1.165) is 24.3 Å². The third kappa shape index (κ3) is 2.09. The highest BCUT2D eigenvalue weighted by molar-refractivity contribution is 6.00. The second kappa shape index (κ2) is 4.29. The minimum Gasteiger partial charge on any atom is -0.384 e. The Hall–Kier alpha value is -1.58. The fraction of sp³-hybridized carbons (Fsp3) is 0.455. The molecule has 0 bridgehead atoms. The molecule has 2 rings (SSSR count). The lowest BCUT2D eigenvalue weighted by Gasteiger charge is -2.30. The zero-order chi connectivity index (χ0) is 10.7. The summed E-state index contributed by atoms with van der Waals surface area (Å²) in [6.45, 7) is 2.12. The number of rotatable bonds is 2. The van der Waals surface area contributed by atoms with Crippen LogP contribution in [0, 0.1) is 5.41 Å². The number of nitrogens with zero attached hydrogens (tertiary/aromatic N) is 2. The summed E-state index contributed by atoms with van der Waals surface area (Å²) >= 11 is 0. The van der Waals surface area contributed by atoms with Crippen LogP contribution in [0.25, 0.3) is 0 Å². The molecule has 2 heterocycles. The number of nitrogens with two attached hydrogens (primary N) is 1. The summed E-state index contributed by atoms with van der Waals surface area (Å²) in [5, 5.41) is 7.51. The van der Waals surface area contributed by atoms with Gasteiger partial charge in [0.2, 0.25) is 0 Å². The summed E-state index contributed by atoms with van der Waals surface area (Å²) < 4.78 is 0. The molecule has 1 saturated heterocycles. The number of anilines is 1. The monoisotopic (exact) mass is 204 g/mol. The molecule has 0 unspecified atom stereocenters. The zero-order valence-electron chi connectivity index (χ0n) is 8.74. The molecule has 80 valence electrons. The van der Waals surface area contributed by atoms with Gasteiger partial charge in [-0.3, -0.25) is 10.4 Å². The molecule has 4 nitrogen and oxygen atoms in total. The molecule has 3 N–H and O–H groups in total. The minimum absolute atomic E-state index is 0.101. The molecule has 1 aliphatic rings. The van der Waals surface area contributed by atoms with Gasteiger partial charge in [-0.15, -0.1) is 0 Å². The van der Waals surface area contributed by atoms with E-state index in [1.807, 2.05) is 6.07 Å². The number of hydrogen-bond donors (Lipinski definition) is 2. The average molecular weight is 204 g/mol. The van der Waals surface area contributed by atoms with Crippen LogP contribution in [0.1, 0.15) is 24.8 Å². The maximum atomic E-state index is 7.51. The first-order valence-corrected chi connectivity index (χ1v) is 5.32. The van der Waals surface area contributed by atoms with E-state index in [1.54, 1.807) is 12.4 Å². The van der Waals surface area contributed by atoms with E-state index >= 15 is 0 Å². The lowest BCUT2D eigenvalue weighted by Crippen LogP contribution is -2.31. The van der Waals surface area contributed by atoms with E-state index in [0.29, 0.717) is 0 Å². The van der Waals surface area contributed by atoms with Crippen molar-refractivity contribution in [1.29, 1.82) is 5.41 Å². The average Bonchev–Trinajstić information content (AvgIpc) is 2.30. The van der Waals surface area contributed by atoms with Gasteiger partial charge in [-0.25, -0.2) is 0 Å². The smallest absolute Gasteiger partial charge is 0.126 e. The van der Waals surface area contributed by atoms with E-state index < -0.39 is 0 Å². The van der Waals surface area contributed by atoms with Crippen LogP contribution >= 0.6 is 0 Å². The number of piperidine rings is 1. The zero-order valence-corrected chi connectivity index (χ0v) is 8.74. The summed E-state index contributed by atoms with van der Waals surface area (Å²) in [4.78, 5) is 6.31. The van der Waals surface area contributed by atoms with E-state index in [4.69, 9.17) is 11.1 Å². The Kier molecular flexibility index (Phi) is 2.85. The van der Waals surface area contributed by atoms with Gasteiger partial charge in [-0.1, -0.05) is 0 Å². The third-order valence-electron chi connectivity index (χ3n) is 2.78. The predicted molar refractivity (Wildman–Crippen MR) is 61.3 cm³/mol. The minimum atomic E-state index is 0.101. The van der Waals surface area contributed by atoms with Crippen LogP contribution in [-0.2, 0) is 0 Å². The predicted octanol–water partition coefficient (Wildman–Crippen LogP) is 1.36. The lowest BCUT2D eigenvalue weighted by molar-refractivity contribution is 0.577. The van der Waals surface area contributed by atoms with Gasteiger partial charge in [0.1, 0.15) is 5.84 Å². The summed E-state index contributed by atoms with van der Waals surface area (Å²) in [5.74, 6) is 0.101. The Balaban J connectivity index is 2.29. The fourth-order valence-corrected chi connectivity index (χ4v) is 2.01. The van der Waals surface area contributed by atoms with Gasteiger partial charge in [-0.2, -0.15) is 0 Å². The van der Waals surface area contributed by atoms with Crippen LogP contribution in [0.4, 0.5) is 5.69 Å². The standard InChI is InChI=1S/C11H16N4/c12-11(13)9-8-14-5-4-10(9)15-6-2-1-3-7-15/h4-5,8H,1-3,6-7H2,(H3,12,13). The molecule has 0 spiro atoms. The van der Waals surface area contributed by atoms with Crippen LogP contribution in [0.3, 0.4) is 0 Å². The van der Waals surface area contributed by atoms with E-state index in [2.05, 4.69) is 9.88 Å². The molecule has 0 saturated carbocycles. The first kappa shape index (κ1) is 9.96. The van der Waals surface area contributed by atoms with E-state index in [1.165, 1.54) is 19.3 Å². The fourth-order valence-electron chi connectivity index (χ4n) is 2.01. The maximum Gasteiger partial charge on any atom is 0.126 e. The Morgan fingerprint density at radius 1 is 1.33 bits per heavy atom. The van der Waals surface area contributed by atoms with Crippen molar-refractivity contribution in [3.8, 4) is 0 Å². The Morgan fingerprint density at radius 2 is 2.07 bits per heavy atom. The summed E-state index contributed by atoms with van der Waals surface area (Å²) in [5.41, 5.74) is 7.34. The van der Waals surface area contributed by atoms with E-state index in [9.17, 15) is 0 Å². The Labute approximate surface area is 89.6 Å². The molecule has 15 heavy (non-hydrogen) atoms. The highest BCUT2D eigenvalue weighted by Crippen LogP contribution is 2.22. The SMILES string of the molecule is N=C(N)c1cnccc1N1CCCCC1. The largest absolute Gasteiger partial charge is 0.384 e. The van der Waals surface area contributed by atoms with Crippen molar-refractivity contribution in [2.75, 3.05) is 18.0 Å². The second-order valence-electron chi connectivity index (χ2n) is 3.85. The van der Waals surface area contributed by atoms with Crippen LogP contribution < -0.4 is 10.6 Å². The summed E-state index contributed by atoms with van der Waals surface area (Å²) in [6, 6.07) is 1.95. The molecule has 1 aliphatic heterocycles. The number of hydrogen-bond acceptors (Lipinski definition) is 3. The van der Waals surface area contributed by atoms with Crippen molar-refractivity contribution in [3.05, 3.63) is 24.0 Å². The number of amidine groups is 1. The van der Waals surface area contributed by atoms with Crippen molar-refractivity contribution >= 4 is 11.5 Å². The molecular formula is C11H16N4. The van der Waals surface area contributed by atoms with Gasteiger partial charge >= 0.3 is 0 Å². The van der Waals surface area contributed by atoms with E-state index in [-0.39, 0.29) is 5.84 Å². The Morgan fingerprint density at radius 3 is 2.73 bits per heavy atom. The molecule has 0 atom stereocenters. The number of nitrogen functional groups attached to an aromatic ring is 1. The van der Waals surface area contributed by atoms with Crippen molar-refractivity contribution < 1.29 is 0 Å². The molecule has 0 aliphatic carbocycles. The normalized spacial score (nSPS) is 16.4. The number of nitrogens with one attached hydrogen (secondary N) is 1. The van der Waals surface area contributed by atoms with Gasteiger partial charge in [0.15, 0.2) is 0 Å². The van der Waals surface area contributed by atoms with Gasteiger partial charge in [-0.05, 0) is 25.3 Å². The summed E-state index contributed by atoms with van der Waals surface area (Å²) in [7, 11) is 0. The van der Waals surface area contributed by atoms with Gasteiger partial charge in [0.05, 0.1) is 11.3 Å². The van der Waals surface area contributed by atoms with Crippen LogP contribution in [0.15, 0.2) is 18.5 Å². The quantitative estimate of drug-likeness (QED) is 0.564. The van der Waals surface area contributed by atoms with Crippen LogP contribution in [-0.4, -0.2) is 23.9 Å². The topological polar surface area (TPSA) is 66.0 Å². The molecule has 1 fully saturated rings. The molecular weight excluding hydrogens is 188 g/mol. The molecule has 0 radical (unpaired) electrons. The maximum absolute atomic E-state index is 7.51. The van der Waals surface area contributed by atoms with Crippen molar-refractivity contribution in [2.24, 2.45) is 5.73 Å². The van der Waals surface area contributed by atoms with Crippen molar-refractivity contribution in [1.82, 2.24) is 4.98 Å². The molecule has 0 aromatic carbocycles. The van der Waals surface area contributed by atoms with Crippen molar-refractivity contribution in [3.63, 3.8) is 0 Å². The Bertz CT molecular complexity index is 355. The second-order valence-corrected chi connectivity index (χ2v) is 3.85. The molecule has 1 aromatic rings. The first-order valence-electron chi connectivity index (χ1n) is 5.32. The number of aromatic nitrogens is 1. The highest BCUT2D eigenvalue weighted by atomic mass is 15.1. The lowest BCUT2D eigenvalue weighted by atomic mass is 10.1. The van der Waals surface area contributed by atoms with Gasteiger partial charge in [0, 0.05) is 25.5 Å². The molecule has 1 aromatic heterocycles. The molecule has 0 amide bonds. The van der Waals surface area contributed by atoms with Gasteiger partial charge < -0.3 is 10.6 Å². The first-order chi connectivity index (χ1) is 7.29. The molecule has 4 heteroatoms. The van der Waals surface area contributed by atoms with Gasteiger partial charge in [0.25, 0.3) is 0 Å². The van der Waals surface area contributed by atoms with Crippen molar-refractivity contribution in [2.45, 2.75) is 19.3 Å². The van der Waals surface area contributed by atoms with Crippen LogP contribution in [0.5, 0.6) is 0 Å². The van der Waals surface area contributed by atoms with Crippen LogP contribution in [0.2, 0.25) is 0 Å². The number of pyridine rings is 1. The summed E-state index contributed by atoms with van der Waals surface area (Å²) in [6.07, 6.45) is 7.18. The highest BCUT2D eigenvalue weighted by Gasteiger charge is 2.15. The third-order valence-corrected chi connectivity index (χ3v) is 2.78.